The van der Waals surface area contributed by atoms with E-state index in [0.717, 1.165) is 41.7 Å². The zero-order chi connectivity index (χ0) is 22.2. The average molecular weight is 455 g/mol. The molecule has 0 amide bonds. The van der Waals surface area contributed by atoms with E-state index < -0.39 is 11.9 Å². The molecule has 31 heavy (non-hydrogen) atoms. The molecule has 1 atom stereocenters. The van der Waals surface area contributed by atoms with Gasteiger partial charge in [-0.2, -0.15) is 0 Å². The van der Waals surface area contributed by atoms with E-state index in [1.165, 1.54) is 11.3 Å². The number of carboxylic acid groups (broad SMARTS) is 1. The first-order valence-corrected chi connectivity index (χ1v) is 11.9. The third-order valence-corrected chi connectivity index (χ3v) is 6.85. The lowest BCUT2D eigenvalue weighted by atomic mass is 9.90. The van der Waals surface area contributed by atoms with Gasteiger partial charge in [-0.1, -0.05) is 80.3 Å². The molecule has 0 aliphatic rings. The number of unbranched alkanes of at least 4 members (excludes halogenated alkanes) is 3. The van der Waals surface area contributed by atoms with E-state index in [2.05, 4.69) is 6.92 Å². The normalized spacial score (nSPS) is 11.9. The smallest absolute Gasteiger partial charge is 0.311 e. The summed E-state index contributed by atoms with van der Waals surface area (Å²) in [5.74, 6) is -1.53. The predicted molar refractivity (Wildman–Crippen MR) is 128 cm³/mol. The monoisotopic (exact) mass is 454 g/mol. The van der Waals surface area contributed by atoms with Gasteiger partial charge in [-0.25, -0.2) is 0 Å². The van der Waals surface area contributed by atoms with Gasteiger partial charge in [0.25, 0.3) is 0 Å². The van der Waals surface area contributed by atoms with Crippen LogP contribution in [0.15, 0.2) is 60.7 Å². The number of benzene rings is 2. The Morgan fingerprint density at radius 2 is 1.71 bits per heavy atom. The highest BCUT2D eigenvalue weighted by Crippen LogP contribution is 2.39. The van der Waals surface area contributed by atoms with E-state index >= 15 is 0 Å². The number of halogens is 1. The Balaban J connectivity index is 1.97. The summed E-state index contributed by atoms with van der Waals surface area (Å²) in [6.45, 7) is 2.14. The Morgan fingerprint density at radius 1 is 1.00 bits per heavy atom. The molecule has 3 aromatic rings. The third-order valence-electron chi connectivity index (χ3n) is 5.36. The third kappa shape index (κ3) is 6.28. The van der Waals surface area contributed by atoms with E-state index in [9.17, 15) is 14.7 Å². The molecular weight excluding hydrogens is 428 g/mol. The van der Waals surface area contributed by atoms with Gasteiger partial charge in [0.15, 0.2) is 5.78 Å². The molecule has 3 nitrogen and oxygen atoms in total. The molecule has 0 saturated heterocycles. The first-order valence-electron chi connectivity index (χ1n) is 10.7. The maximum atomic E-state index is 12.9. The average Bonchev–Trinajstić information content (AvgIpc) is 3.21. The van der Waals surface area contributed by atoms with Gasteiger partial charge in [0.2, 0.25) is 0 Å². The molecule has 2 aromatic carbocycles. The number of aliphatic carboxylic acids is 1. The molecule has 5 heteroatoms. The molecule has 1 aromatic heterocycles. The molecule has 1 unspecified atom stereocenters. The lowest BCUT2D eigenvalue weighted by Crippen LogP contribution is -2.14. The van der Waals surface area contributed by atoms with Crippen molar-refractivity contribution in [1.29, 1.82) is 0 Å². The zero-order valence-corrected chi connectivity index (χ0v) is 19.2. The van der Waals surface area contributed by atoms with Crippen LogP contribution in [0.2, 0.25) is 5.02 Å². The molecule has 1 N–H and O–H groups in total. The summed E-state index contributed by atoms with van der Waals surface area (Å²) in [5.41, 5.74) is 2.53. The maximum absolute atomic E-state index is 12.9. The van der Waals surface area contributed by atoms with Crippen LogP contribution < -0.4 is 0 Å². The molecule has 3 rings (SSSR count). The first kappa shape index (κ1) is 23.2. The van der Waals surface area contributed by atoms with Gasteiger partial charge in [-0.05, 0) is 47.7 Å². The maximum Gasteiger partial charge on any atom is 0.311 e. The van der Waals surface area contributed by atoms with Crippen molar-refractivity contribution in [3.63, 3.8) is 0 Å². The number of thiophene rings is 1. The Hall–Kier alpha value is -2.43. The fourth-order valence-electron chi connectivity index (χ4n) is 3.64. The van der Waals surface area contributed by atoms with Gasteiger partial charge in [-0.15, -0.1) is 11.3 Å². The Labute approximate surface area is 192 Å². The molecule has 162 valence electrons. The first-order chi connectivity index (χ1) is 15.0. The quantitative estimate of drug-likeness (QED) is 0.239. The highest BCUT2D eigenvalue weighted by atomic mass is 35.5. The van der Waals surface area contributed by atoms with Crippen molar-refractivity contribution in [3.05, 3.63) is 81.7 Å². The predicted octanol–water partition coefficient (Wildman–Crippen LogP) is 7.63. The van der Waals surface area contributed by atoms with Gasteiger partial charge >= 0.3 is 5.97 Å². The highest BCUT2D eigenvalue weighted by Gasteiger charge is 2.27. The standard InChI is InChI=1S/C26H27ClO3S/c1-2-3-4-8-11-23(28)24-17-21(25(31-24)19-12-14-20(27)15-13-19)22(26(29)30)16-18-9-6-5-7-10-18/h5-7,9-10,12-15,17,22H,2-4,8,11,16H2,1H3,(H,29,30). The summed E-state index contributed by atoms with van der Waals surface area (Å²) in [7, 11) is 0. The molecule has 0 spiro atoms. The second-order valence-electron chi connectivity index (χ2n) is 7.72. The molecule has 1 heterocycles. The van der Waals surface area contributed by atoms with Crippen molar-refractivity contribution in [2.45, 2.75) is 51.4 Å². The Kier molecular flexibility index (Phi) is 8.44. The van der Waals surface area contributed by atoms with E-state index in [1.807, 2.05) is 42.5 Å². The van der Waals surface area contributed by atoms with Crippen LogP contribution in [-0.2, 0) is 11.2 Å². The van der Waals surface area contributed by atoms with Crippen molar-refractivity contribution in [2.75, 3.05) is 0 Å². The van der Waals surface area contributed by atoms with Crippen molar-refractivity contribution in [1.82, 2.24) is 0 Å². The minimum Gasteiger partial charge on any atom is -0.481 e. The van der Waals surface area contributed by atoms with Crippen LogP contribution in [0.4, 0.5) is 0 Å². The van der Waals surface area contributed by atoms with E-state index in [0.29, 0.717) is 28.3 Å². The van der Waals surface area contributed by atoms with Gasteiger partial charge in [0.05, 0.1) is 10.8 Å². The minimum atomic E-state index is -0.890. The van der Waals surface area contributed by atoms with Crippen molar-refractivity contribution in [3.8, 4) is 10.4 Å². The number of carbonyl (C=O) groups is 2. The number of Topliss-reactive ketones (excluding diaryl/α,β-unsaturated/α-hetero) is 1. The van der Waals surface area contributed by atoms with Crippen molar-refractivity contribution >= 4 is 34.7 Å². The lowest BCUT2D eigenvalue weighted by molar-refractivity contribution is -0.138. The van der Waals surface area contributed by atoms with E-state index in [1.54, 1.807) is 18.2 Å². The van der Waals surface area contributed by atoms with Crippen LogP contribution in [0.25, 0.3) is 10.4 Å². The minimum absolute atomic E-state index is 0.0893. The van der Waals surface area contributed by atoms with Crippen molar-refractivity contribution in [2.24, 2.45) is 0 Å². The molecule has 0 radical (unpaired) electrons. The van der Waals surface area contributed by atoms with Crippen LogP contribution in [0.1, 0.15) is 65.7 Å². The SMILES string of the molecule is CCCCCCC(=O)c1cc(C(Cc2ccccc2)C(=O)O)c(-c2ccc(Cl)cc2)s1. The summed E-state index contributed by atoms with van der Waals surface area (Å²) < 4.78 is 0. The van der Waals surface area contributed by atoms with Crippen LogP contribution in [0.3, 0.4) is 0 Å². The molecular formula is C26H27ClO3S. The van der Waals surface area contributed by atoms with Crippen molar-refractivity contribution < 1.29 is 14.7 Å². The van der Waals surface area contributed by atoms with Crippen LogP contribution in [-0.4, -0.2) is 16.9 Å². The fourth-order valence-corrected chi connectivity index (χ4v) is 4.96. The van der Waals surface area contributed by atoms with Crippen LogP contribution in [0.5, 0.6) is 0 Å². The van der Waals surface area contributed by atoms with Gasteiger partial charge in [0, 0.05) is 16.3 Å². The summed E-state index contributed by atoms with van der Waals surface area (Å²) in [6.07, 6.45) is 5.02. The molecule has 0 bridgehead atoms. The number of ketones is 1. The number of carboxylic acids is 1. The Morgan fingerprint density at radius 3 is 2.35 bits per heavy atom. The summed E-state index contributed by atoms with van der Waals surface area (Å²) in [6, 6.07) is 18.8. The number of hydrogen-bond donors (Lipinski definition) is 1. The van der Waals surface area contributed by atoms with E-state index in [-0.39, 0.29) is 5.78 Å². The largest absolute Gasteiger partial charge is 0.481 e. The summed E-state index contributed by atoms with van der Waals surface area (Å²) in [5, 5.41) is 10.7. The van der Waals surface area contributed by atoms with Crippen LogP contribution in [0, 0.1) is 0 Å². The summed E-state index contributed by atoms with van der Waals surface area (Å²) >= 11 is 7.44. The number of rotatable bonds is 11. The van der Waals surface area contributed by atoms with Gasteiger partial charge in [-0.3, -0.25) is 9.59 Å². The number of hydrogen-bond acceptors (Lipinski definition) is 3. The zero-order valence-electron chi connectivity index (χ0n) is 17.6. The molecule has 0 aliphatic carbocycles. The van der Waals surface area contributed by atoms with E-state index in [4.69, 9.17) is 11.6 Å². The number of carbonyl (C=O) groups excluding carboxylic acids is 1. The fraction of sp³-hybridized carbons (Fsp3) is 0.308. The second kappa shape index (κ2) is 11.3. The highest BCUT2D eigenvalue weighted by molar-refractivity contribution is 7.17. The lowest BCUT2D eigenvalue weighted by Gasteiger charge is -2.14. The van der Waals surface area contributed by atoms with Crippen LogP contribution >= 0.6 is 22.9 Å². The topological polar surface area (TPSA) is 54.4 Å². The Bertz CT molecular complexity index is 1010. The second-order valence-corrected chi connectivity index (χ2v) is 9.21. The van der Waals surface area contributed by atoms with Gasteiger partial charge in [0.1, 0.15) is 0 Å². The van der Waals surface area contributed by atoms with Gasteiger partial charge < -0.3 is 5.11 Å². The molecule has 0 saturated carbocycles. The molecule has 0 fully saturated rings. The summed E-state index contributed by atoms with van der Waals surface area (Å²) in [4.78, 5) is 26.6. The molecule has 0 aliphatic heterocycles.